The van der Waals surface area contributed by atoms with Crippen LogP contribution in [0.2, 0.25) is 0 Å². The Morgan fingerprint density at radius 1 is 1.02 bits per heavy atom. The molecule has 4 atom stereocenters. The molecule has 4 aromatic heterocycles. The van der Waals surface area contributed by atoms with Gasteiger partial charge >= 0.3 is 10.8 Å². The fourth-order valence-corrected chi connectivity index (χ4v) is 10.5. The number of ether oxygens (including phenoxy) is 1. The summed E-state index contributed by atoms with van der Waals surface area (Å²) in [6.07, 6.45) is 1.35. The van der Waals surface area contributed by atoms with Crippen LogP contribution < -0.4 is 15.7 Å². The average Bonchev–Trinajstić information content (AvgIpc) is 3.98. The van der Waals surface area contributed by atoms with Crippen LogP contribution >= 0.6 is 34.0 Å². The quantitative estimate of drug-likeness (QED) is 0.104. The average molecular weight is 759 g/mol. The first kappa shape index (κ1) is 34.9. The standard InChI is InChI=1S/C38H38N4O7S3/c43-28-10-7-24(25-8-11-34(45)40-35(25)28)29(44)20-39-19-22-6-9-26-31(18-22)52-37(47)42(26)13-3-12-41-21-23-16-27(41)30(17-23)49-36(46)38(48,32-4-1-14-50-32)33-5-2-15-51-33/h1-2,4-11,14-15,18,23,27,29-30,39,43-44,48H,3,12-13,16-17,19-21H2,(H,40,45)/t23?,27?,29-,30?/m0/s1. The molecule has 1 saturated heterocycles. The highest BCUT2D eigenvalue weighted by molar-refractivity contribution is 7.16. The third kappa shape index (κ3) is 6.53. The van der Waals surface area contributed by atoms with Crippen LogP contribution in [-0.2, 0) is 28.2 Å². The molecule has 6 aromatic rings. The number of thiazole rings is 1. The van der Waals surface area contributed by atoms with Gasteiger partial charge in [-0.15, -0.1) is 22.7 Å². The number of aromatic hydroxyl groups is 1. The molecule has 3 unspecified atom stereocenters. The molecule has 0 spiro atoms. The highest BCUT2D eigenvalue weighted by Crippen LogP contribution is 2.42. The van der Waals surface area contributed by atoms with E-state index < -0.39 is 17.7 Å². The predicted molar refractivity (Wildman–Crippen MR) is 203 cm³/mol. The fraction of sp³-hybridized carbons (Fsp3) is 0.342. The zero-order valence-electron chi connectivity index (χ0n) is 28.1. The lowest BCUT2D eigenvalue weighted by molar-refractivity contribution is -0.170. The molecule has 1 saturated carbocycles. The molecule has 2 bridgehead atoms. The van der Waals surface area contributed by atoms with Crippen molar-refractivity contribution in [3.05, 3.63) is 118 Å². The minimum absolute atomic E-state index is 0.0102. The number of likely N-dealkylation sites (tertiary alicyclic amines) is 1. The lowest BCUT2D eigenvalue weighted by atomic mass is 9.99. The van der Waals surface area contributed by atoms with Crippen molar-refractivity contribution in [3.63, 3.8) is 0 Å². The summed E-state index contributed by atoms with van der Waals surface area (Å²) in [5.74, 6) is -0.245. The summed E-state index contributed by atoms with van der Waals surface area (Å²) in [7, 11) is 0. The van der Waals surface area contributed by atoms with E-state index >= 15 is 0 Å². The second kappa shape index (κ2) is 14.3. The first-order valence-corrected chi connectivity index (χ1v) is 19.9. The minimum Gasteiger partial charge on any atom is -0.506 e. The number of aliphatic hydroxyl groups is 2. The SMILES string of the molecule is O=C(OC1CC2CC1N(CCCn1c(=O)sc3cc(CNC[C@H](O)c4ccc(O)c5[nH]c(=O)ccc45)ccc31)C2)C(O)(c1cccs1)c1cccs1. The molecule has 5 heterocycles. The van der Waals surface area contributed by atoms with E-state index in [9.17, 15) is 29.7 Å². The number of thiophene rings is 2. The lowest BCUT2D eigenvalue weighted by Crippen LogP contribution is -2.47. The van der Waals surface area contributed by atoms with Crippen molar-refractivity contribution in [3.8, 4) is 5.75 Å². The van der Waals surface area contributed by atoms with E-state index in [-0.39, 0.29) is 34.9 Å². The number of H-pyrrole nitrogens is 1. The highest BCUT2D eigenvalue weighted by Gasteiger charge is 2.50. The number of phenolic OH excluding ortho intramolecular Hbond substituents is 1. The monoisotopic (exact) mass is 758 g/mol. The Hall–Kier alpha value is -4.15. The van der Waals surface area contributed by atoms with Crippen molar-refractivity contribution in [2.24, 2.45) is 5.92 Å². The van der Waals surface area contributed by atoms with Gasteiger partial charge in [0.15, 0.2) is 0 Å². The van der Waals surface area contributed by atoms with Gasteiger partial charge < -0.3 is 30.4 Å². The van der Waals surface area contributed by atoms with Gasteiger partial charge in [0.05, 0.1) is 31.6 Å². The van der Waals surface area contributed by atoms with Crippen molar-refractivity contribution in [2.45, 2.75) is 56.2 Å². The molecule has 2 aromatic carbocycles. The molecule has 1 aliphatic heterocycles. The summed E-state index contributed by atoms with van der Waals surface area (Å²) in [4.78, 5) is 44.5. The molecule has 0 amide bonds. The van der Waals surface area contributed by atoms with E-state index in [0.717, 1.165) is 48.1 Å². The van der Waals surface area contributed by atoms with Crippen LogP contribution in [0, 0.1) is 5.92 Å². The van der Waals surface area contributed by atoms with Crippen LogP contribution in [0.15, 0.2) is 87.1 Å². The van der Waals surface area contributed by atoms with E-state index in [2.05, 4.69) is 15.2 Å². The topological polar surface area (TPSA) is 157 Å². The third-order valence-corrected chi connectivity index (χ3v) is 13.2. The number of piperidine rings is 1. The molecule has 270 valence electrons. The van der Waals surface area contributed by atoms with Crippen LogP contribution in [0.1, 0.15) is 46.2 Å². The largest absolute Gasteiger partial charge is 0.506 e. The molecule has 2 fully saturated rings. The number of benzene rings is 2. The molecule has 0 radical (unpaired) electrons. The van der Waals surface area contributed by atoms with E-state index in [1.807, 2.05) is 45.7 Å². The van der Waals surface area contributed by atoms with E-state index in [1.54, 1.807) is 24.3 Å². The van der Waals surface area contributed by atoms with E-state index in [0.29, 0.717) is 45.2 Å². The summed E-state index contributed by atoms with van der Waals surface area (Å²) < 4.78 is 8.83. The number of carbonyl (C=O) groups excluding carboxylic acids is 1. The van der Waals surface area contributed by atoms with Crippen molar-refractivity contribution in [1.29, 1.82) is 0 Å². The number of aromatic nitrogens is 2. The van der Waals surface area contributed by atoms with Gasteiger partial charge in [0, 0.05) is 50.2 Å². The van der Waals surface area contributed by atoms with Gasteiger partial charge in [-0.2, -0.15) is 0 Å². The number of nitrogens with zero attached hydrogens (tertiary/aromatic N) is 2. The van der Waals surface area contributed by atoms with Gasteiger partial charge in [-0.05, 0) is 83.5 Å². The number of carbonyl (C=O) groups is 1. The number of aliphatic hydroxyl groups excluding tert-OH is 1. The van der Waals surface area contributed by atoms with Gasteiger partial charge in [0.25, 0.3) is 0 Å². The highest BCUT2D eigenvalue weighted by atomic mass is 32.1. The van der Waals surface area contributed by atoms with Crippen molar-refractivity contribution in [2.75, 3.05) is 19.6 Å². The first-order chi connectivity index (χ1) is 25.2. The Bertz CT molecular complexity index is 2300. The normalized spacial score (nSPS) is 19.5. The fourth-order valence-electron chi connectivity index (χ4n) is 7.85. The number of aryl methyl sites for hydroxylation is 1. The van der Waals surface area contributed by atoms with Crippen LogP contribution in [0.25, 0.3) is 21.1 Å². The van der Waals surface area contributed by atoms with Crippen LogP contribution in [0.5, 0.6) is 5.75 Å². The number of fused-ring (bicyclic) bond motifs is 4. The molecule has 1 aliphatic carbocycles. The molecular formula is C38H38N4O7S3. The number of hydrogen-bond donors (Lipinski definition) is 5. The van der Waals surface area contributed by atoms with Crippen LogP contribution in [0.3, 0.4) is 0 Å². The number of rotatable bonds is 13. The summed E-state index contributed by atoms with van der Waals surface area (Å²) in [5, 5.41) is 40.3. The molecule has 52 heavy (non-hydrogen) atoms. The van der Waals surface area contributed by atoms with Gasteiger partial charge in [0.2, 0.25) is 11.2 Å². The zero-order chi connectivity index (χ0) is 36.0. The van der Waals surface area contributed by atoms with Crippen LogP contribution in [0.4, 0.5) is 0 Å². The van der Waals surface area contributed by atoms with Crippen molar-refractivity contribution >= 4 is 61.1 Å². The Kier molecular flexibility index (Phi) is 9.63. The van der Waals surface area contributed by atoms with Crippen molar-refractivity contribution < 1.29 is 24.9 Å². The minimum atomic E-state index is -1.82. The summed E-state index contributed by atoms with van der Waals surface area (Å²) >= 11 is 3.90. The molecule has 2 aliphatic rings. The van der Waals surface area contributed by atoms with E-state index in [1.165, 1.54) is 46.1 Å². The number of pyridine rings is 1. The predicted octanol–water partition coefficient (Wildman–Crippen LogP) is 4.89. The molecule has 14 heteroatoms. The second-order valence-corrected chi connectivity index (χ2v) is 16.5. The maximum Gasteiger partial charge on any atom is 0.349 e. The van der Waals surface area contributed by atoms with E-state index in [4.69, 9.17) is 4.74 Å². The zero-order valence-corrected chi connectivity index (χ0v) is 30.5. The lowest BCUT2D eigenvalue weighted by Gasteiger charge is -2.34. The number of hydrogen-bond acceptors (Lipinski definition) is 12. The molecule has 11 nitrogen and oxygen atoms in total. The maximum absolute atomic E-state index is 13.6. The Labute approximate surface area is 310 Å². The third-order valence-electron chi connectivity index (χ3n) is 10.3. The second-order valence-electron chi connectivity index (χ2n) is 13.6. The summed E-state index contributed by atoms with van der Waals surface area (Å²) in [6.45, 7) is 3.01. The Morgan fingerprint density at radius 3 is 2.54 bits per heavy atom. The van der Waals surface area contributed by atoms with Gasteiger partial charge in [-0.25, -0.2) is 4.79 Å². The number of esters is 1. The first-order valence-electron chi connectivity index (χ1n) is 17.3. The van der Waals surface area contributed by atoms with Crippen molar-refractivity contribution in [1.82, 2.24) is 19.8 Å². The summed E-state index contributed by atoms with van der Waals surface area (Å²) in [6, 6.07) is 19.3. The smallest absolute Gasteiger partial charge is 0.349 e. The molecule has 5 N–H and O–H groups in total. The maximum atomic E-state index is 13.6. The molecule has 8 rings (SSSR count). The summed E-state index contributed by atoms with van der Waals surface area (Å²) in [5.41, 5.74) is 0.601. The Balaban J connectivity index is 0.866. The number of phenols is 1. The van der Waals surface area contributed by atoms with Crippen LogP contribution in [-0.4, -0.2) is 67.5 Å². The van der Waals surface area contributed by atoms with Gasteiger partial charge in [-0.3, -0.25) is 19.1 Å². The van der Waals surface area contributed by atoms with Gasteiger partial charge in [0.1, 0.15) is 11.9 Å². The number of aromatic amines is 1. The number of nitrogens with one attached hydrogen (secondary N) is 2. The van der Waals surface area contributed by atoms with Gasteiger partial charge in [-0.1, -0.05) is 35.6 Å². The Morgan fingerprint density at radius 2 is 1.81 bits per heavy atom. The molecular weight excluding hydrogens is 721 g/mol.